The Morgan fingerprint density at radius 3 is 2.43 bits per heavy atom. The van der Waals surface area contributed by atoms with Crippen LogP contribution < -0.4 is 5.84 Å². The SMILES string of the molecule is Nn1cnnn1.[Zn]. The molecular formula is CH3N5Zn. The summed E-state index contributed by atoms with van der Waals surface area (Å²) < 4.78 is 0. The maximum Gasteiger partial charge on any atom is 0.161 e. The molecule has 1 aromatic heterocycles. The van der Waals surface area contributed by atoms with Gasteiger partial charge in [0.25, 0.3) is 0 Å². The monoisotopic (exact) mass is 149 g/mol. The summed E-state index contributed by atoms with van der Waals surface area (Å²) in [5, 5.41) is 9.71. The van der Waals surface area contributed by atoms with Crippen LogP contribution in [0.5, 0.6) is 0 Å². The van der Waals surface area contributed by atoms with Crippen molar-refractivity contribution in [1.82, 2.24) is 20.3 Å². The van der Waals surface area contributed by atoms with Crippen LogP contribution in [0.25, 0.3) is 0 Å². The van der Waals surface area contributed by atoms with Crippen molar-refractivity contribution in [3.63, 3.8) is 0 Å². The van der Waals surface area contributed by atoms with E-state index in [0.717, 1.165) is 4.79 Å². The quantitative estimate of drug-likeness (QED) is 0.357. The zero-order valence-electron chi connectivity index (χ0n) is 3.65. The molecule has 0 radical (unpaired) electrons. The van der Waals surface area contributed by atoms with Crippen molar-refractivity contribution in [3.8, 4) is 0 Å². The first-order chi connectivity index (χ1) is 2.89. The molecule has 1 aromatic rings. The average Bonchev–Trinajstić information content (AvgIpc) is 1.86. The normalized spacial score (nSPS) is 7.43. The molecule has 0 aliphatic carbocycles. The number of nitrogen functional groups attached to an aromatic ring is 1. The maximum absolute atomic E-state index is 4.96. The van der Waals surface area contributed by atoms with Crippen molar-refractivity contribution in [2.24, 2.45) is 0 Å². The van der Waals surface area contributed by atoms with E-state index in [2.05, 4.69) is 15.5 Å². The van der Waals surface area contributed by atoms with Gasteiger partial charge in [0.1, 0.15) is 0 Å². The predicted octanol–water partition coefficient (Wildman–Crippen LogP) is -1.62. The van der Waals surface area contributed by atoms with Crippen molar-refractivity contribution in [2.45, 2.75) is 0 Å². The molecule has 0 bridgehead atoms. The molecule has 0 amide bonds. The second kappa shape index (κ2) is 2.63. The molecule has 0 spiro atoms. The van der Waals surface area contributed by atoms with Crippen LogP contribution in [-0.2, 0) is 19.5 Å². The molecule has 6 heteroatoms. The van der Waals surface area contributed by atoms with Gasteiger partial charge in [0.15, 0.2) is 6.33 Å². The Bertz CT molecular complexity index is 112. The summed E-state index contributed by atoms with van der Waals surface area (Å²) in [5.74, 6) is 4.96. The Hall–Kier alpha value is -0.507. The molecule has 0 saturated heterocycles. The molecule has 0 fully saturated rings. The summed E-state index contributed by atoms with van der Waals surface area (Å²) >= 11 is 0. The Morgan fingerprint density at radius 1 is 1.57 bits per heavy atom. The standard InChI is InChI=1S/CH3N5.Zn/c2-6-1-3-4-5-6;/h1H,2H2;. The first-order valence-electron chi connectivity index (χ1n) is 1.37. The molecule has 1 rings (SSSR count). The molecule has 0 atom stereocenters. The molecule has 0 saturated carbocycles. The van der Waals surface area contributed by atoms with Crippen LogP contribution in [0, 0.1) is 0 Å². The van der Waals surface area contributed by atoms with E-state index in [-0.39, 0.29) is 19.5 Å². The van der Waals surface area contributed by atoms with Crippen LogP contribution in [0.4, 0.5) is 0 Å². The number of hydrogen-bond acceptors (Lipinski definition) is 4. The van der Waals surface area contributed by atoms with Gasteiger partial charge in [0.2, 0.25) is 0 Å². The molecule has 0 aromatic carbocycles. The molecule has 2 N–H and O–H groups in total. The van der Waals surface area contributed by atoms with E-state index in [9.17, 15) is 0 Å². The van der Waals surface area contributed by atoms with Crippen molar-refractivity contribution >= 4 is 0 Å². The minimum atomic E-state index is 0. The van der Waals surface area contributed by atoms with Gasteiger partial charge in [-0.05, 0) is 10.4 Å². The van der Waals surface area contributed by atoms with Crippen LogP contribution in [-0.4, -0.2) is 20.3 Å². The van der Waals surface area contributed by atoms with Gasteiger partial charge in [-0.15, -0.1) is 9.89 Å². The van der Waals surface area contributed by atoms with Gasteiger partial charge in [-0.1, -0.05) is 0 Å². The van der Waals surface area contributed by atoms with Gasteiger partial charge in [0.05, 0.1) is 0 Å². The van der Waals surface area contributed by atoms with E-state index in [1.807, 2.05) is 0 Å². The third-order valence-corrected chi connectivity index (χ3v) is 0.365. The minimum absolute atomic E-state index is 0. The third kappa shape index (κ3) is 1.59. The fourth-order valence-electron chi connectivity index (χ4n) is 0.168. The number of hydrogen-bond donors (Lipinski definition) is 1. The molecule has 7 heavy (non-hydrogen) atoms. The Labute approximate surface area is 52.6 Å². The van der Waals surface area contributed by atoms with Gasteiger partial charge in [-0.3, -0.25) is 0 Å². The summed E-state index contributed by atoms with van der Waals surface area (Å²) in [5.41, 5.74) is 0. The first kappa shape index (κ1) is 6.49. The van der Waals surface area contributed by atoms with E-state index in [0.29, 0.717) is 0 Å². The molecule has 0 aliphatic rings. The number of rotatable bonds is 0. The van der Waals surface area contributed by atoms with E-state index in [1.54, 1.807) is 0 Å². The molecule has 1 heterocycles. The molecule has 0 aliphatic heterocycles. The van der Waals surface area contributed by atoms with Crippen LogP contribution in [0.1, 0.15) is 0 Å². The molecule has 34 valence electrons. The van der Waals surface area contributed by atoms with Gasteiger partial charge in [0, 0.05) is 19.5 Å². The van der Waals surface area contributed by atoms with Crippen LogP contribution in [0.15, 0.2) is 6.33 Å². The van der Waals surface area contributed by atoms with Gasteiger partial charge in [-0.25, -0.2) is 0 Å². The van der Waals surface area contributed by atoms with E-state index >= 15 is 0 Å². The zero-order valence-corrected chi connectivity index (χ0v) is 6.62. The van der Waals surface area contributed by atoms with Crippen LogP contribution in [0.2, 0.25) is 0 Å². The van der Waals surface area contributed by atoms with Gasteiger partial charge >= 0.3 is 0 Å². The van der Waals surface area contributed by atoms with Crippen LogP contribution >= 0.6 is 0 Å². The Kier molecular flexibility index (Phi) is 2.44. The van der Waals surface area contributed by atoms with E-state index < -0.39 is 0 Å². The summed E-state index contributed by atoms with van der Waals surface area (Å²) in [7, 11) is 0. The van der Waals surface area contributed by atoms with Crippen molar-refractivity contribution in [1.29, 1.82) is 0 Å². The van der Waals surface area contributed by atoms with Gasteiger partial charge < -0.3 is 5.84 Å². The fourth-order valence-corrected chi connectivity index (χ4v) is 0.168. The fraction of sp³-hybridized carbons (Fsp3) is 0. The topological polar surface area (TPSA) is 69.6 Å². The molecular weight excluding hydrogens is 147 g/mol. The number of tetrazole rings is 1. The van der Waals surface area contributed by atoms with Gasteiger partial charge in [-0.2, -0.15) is 0 Å². The Morgan fingerprint density at radius 2 is 2.29 bits per heavy atom. The predicted molar refractivity (Wildman–Crippen MR) is 18.0 cm³/mol. The van der Waals surface area contributed by atoms with Crippen molar-refractivity contribution < 1.29 is 19.5 Å². The van der Waals surface area contributed by atoms with Crippen molar-refractivity contribution in [2.75, 3.05) is 5.84 Å². The summed E-state index contributed by atoms with van der Waals surface area (Å²) in [6.07, 6.45) is 1.31. The maximum atomic E-state index is 4.96. The number of nitrogens with zero attached hydrogens (tertiary/aromatic N) is 4. The summed E-state index contributed by atoms with van der Waals surface area (Å²) in [6, 6.07) is 0. The van der Waals surface area contributed by atoms with E-state index in [1.165, 1.54) is 6.33 Å². The minimum Gasteiger partial charge on any atom is -0.320 e. The second-order valence-corrected chi connectivity index (χ2v) is 0.790. The summed E-state index contributed by atoms with van der Waals surface area (Å²) in [4.78, 5) is 1.03. The Balaban J connectivity index is 0.000000360. The average molecular weight is 150 g/mol. The largest absolute Gasteiger partial charge is 0.320 e. The third-order valence-electron chi connectivity index (χ3n) is 0.365. The number of aromatic nitrogens is 4. The van der Waals surface area contributed by atoms with E-state index in [4.69, 9.17) is 5.84 Å². The smallest absolute Gasteiger partial charge is 0.161 e. The second-order valence-electron chi connectivity index (χ2n) is 0.790. The summed E-state index contributed by atoms with van der Waals surface area (Å²) in [6.45, 7) is 0. The first-order valence-corrected chi connectivity index (χ1v) is 1.37. The van der Waals surface area contributed by atoms with Crippen LogP contribution in [0.3, 0.4) is 0 Å². The zero-order chi connectivity index (χ0) is 4.41. The number of nitrogens with two attached hydrogens (primary N) is 1. The molecule has 0 unspecified atom stereocenters. The van der Waals surface area contributed by atoms with Crippen molar-refractivity contribution in [3.05, 3.63) is 6.33 Å². The molecule has 5 nitrogen and oxygen atoms in total.